The van der Waals surface area contributed by atoms with Crippen molar-refractivity contribution in [2.45, 2.75) is 19.0 Å². The van der Waals surface area contributed by atoms with Crippen LogP contribution in [0.4, 0.5) is 13.2 Å². The van der Waals surface area contributed by atoms with Gasteiger partial charge in [0, 0.05) is 11.3 Å². The smallest absolute Gasteiger partial charge is 0.322 e. The molecule has 0 aromatic heterocycles. The number of alkyl halides is 3. The molecule has 0 unspecified atom stereocenters. The summed E-state index contributed by atoms with van der Waals surface area (Å²) in [6.45, 7) is 0. The molecule has 0 spiro atoms. The van der Waals surface area contributed by atoms with E-state index < -0.39 is 23.2 Å². The molecule has 0 bridgehead atoms. The van der Waals surface area contributed by atoms with Crippen molar-refractivity contribution in [3.05, 3.63) is 34.6 Å². The zero-order valence-corrected chi connectivity index (χ0v) is 8.56. The summed E-state index contributed by atoms with van der Waals surface area (Å²) >= 11 is 0. The third-order valence-electron chi connectivity index (χ3n) is 2.54. The first kappa shape index (κ1) is 11.5. The fourth-order valence-electron chi connectivity index (χ4n) is 1.85. The summed E-state index contributed by atoms with van der Waals surface area (Å²) in [5, 5.41) is 10.9. The Labute approximate surface area is 94.9 Å². The summed E-state index contributed by atoms with van der Waals surface area (Å²) in [6, 6.07) is 1.07. The number of hydrogen-bond acceptors (Lipinski definition) is 2. The van der Waals surface area contributed by atoms with Crippen molar-refractivity contribution in [2.24, 2.45) is 0 Å². The molecule has 1 N–H and O–H groups in total. The minimum atomic E-state index is -4.81. The maximum Gasteiger partial charge on any atom is 0.427 e. The Bertz CT molecular complexity index is 518. The van der Waals surface area contributed by atoms with Crippen LogP contribution in [0, 0.1) is 11.3 Å². The largest absolute Gasteiger partial charge is 0.427 e. The summed E-state index contributed by atoms with van der Waals surface area (Å²) in [5.41, 5.74) is -1.44. The molecule has 1 aliphatic heterocycles. The van der Waals surface area contributed by atoms with Gasteiger partial charge in [-0.3, -0.25) is 4.79 Å². The van der Waals surface area contributed by atoms with Gasteiger partial charge in [0.1, 0.15) is 11.6 Å². The second-order valence-electron chi connectivity index (χ2n) is 3.63. The first-order chi connectivity index (χ1) is 7.95. The monoisotopic (exact) mass is 240 g/mol. The first-order valence-electron chi connectivity index (χ1n) is 4.89. The molecule has 0 saturated carbocycles. The van der Waals surface area contributed by atoms with E-state index in [0.29, 0.717) is 18.5 Å². The highest BCUT2D eigenvalue weighted by Gasteiger charge is 2.42. The lowest BCUT2D eigenvalue weighted by Gasteiger charge is -2.09. The number of rotatable bonds is 0. The Morgan fingerprint density at radius 2 is 2.00 bits per heavy atom. The highest BCUT2D eigenvalue weighted by molar-refractivity contribution is 6.06. The van der Waals surface area contributed by atoms with Crippen LogP contribution in [0.5, 0.6) is 0 Å². The number of carbonyl (C=O) groups excluding carboxylic acids is 1. The van der Waals surface area contributed by atoms with Gasteiger partial charge >= 0.3 is 6.18 Å². The van der Waals surface area contributed by atoms with E-state index >= 15 is 0 Å². The molecule has 6 heteroatoms. The minimum absolute atomic E-state index is 0.190. The van der Waals surface area contributed by atoms with Gasteiger partial charge in [-0.15, -0.1) is 0 Å². The van der Waals surface area contributed by atoms with Crippen LogP contribution in [0.3, 0.4) is 0 Å². The third-order valence-corrected chi connectivity index (χ3v) is 2.54. The molecule has 1 fully saturated rings. The summed E-state index contributed by atoms with van der Waals surface area (Å²) in [5.74, 6) is -0.863. The molecule has 0 radical (unpaired) electrons. The normalized spacial score (nSPS) is 22.1. The molecule has 0 aromatic carbocycles. The predicted octanol–water partition coefficient (Wildman–Crippen LogP) is 2.10. The van der Waals surface area contributed by atoms with Crippen molar-refractivity contribution >= 4 is 5.91 Å². The van der Waals surface area contributed by atoms with Crippen LogP contribution in [-0.2, 0) is 4.79 Å². The first-order valence-corrected chi connectivity index (χ1v) is 4.89. The molecule has 1 amide bonds. The van der Waals surface area contributed by atoms with Gasteiger partial charge in [-0.05, 0) is 12.8 Å². The van der Waals surface area contributed by atoms with Gasteiger partial charge in [-0.2, -0.15) is 18.4 Å². The maximum atomic E-state index is 12.6. The quantitative estimate of drug-likeness (QED) is 0.520. The number of fused-ring (bicyclic) bond motifs is 1. The van der Waals surface area contributed by atoms with E-state index in [9.17, 15) is 18.0 Å². The number of carbonyl (C=O) groups is 1. The number of nitrogens with zero attached hydrogens (tertiary/aromatic N) is 1. The van der Waals surface area contributed by atoms with Gasteiger partial charge in [0.15, 0.2) is 0 Å². The van der Waals surface area contributed by atoms with Crippen molar-refractivity contribution in [1.82, 2.24) is 5.32 Å². The van der Waals surface area contributed by atoms with Gasteiger partial charge < -0.3 is 5.32 Å². The molecule has 0 aromatic rings. The molecular weight excluding hydrogens is 233 g/mol. The zero-order chi connectivity index (χ0) is 12.6. The molecule has 88 valence electrons. The van der Waals surface area contributed by atoms with Gasteiger partial charge in [0.05, 0.1) is 5.57 Å². The number of hydrogen-bond donors (Lipinski definition) is 1. The molecule has 2 rings (SSSR count). The Hall–Kier alpha value is -2.03. The molecule has 1 saturated heterocycles. The van der Waals surface area contributed by atoms with Crippen LogP contribution in [-0.4, -0.2) is 12.1 Å². The SMILES string of the molecule is N#C/C(=C1/C(=O)NC2=CCCC=C21)C(F)(F)F. The van der Waals surface area contributed by atoms with Crippen LogP contribution in [0.1, 0.15) is 12.8 Å². The number of nitrogens with one attached hydrogen (secondary N) is 1. The second-order valence-corrected chi connectivity index (χ2v) is 3.63. The Morgan fingerprint density at radius 1 is 1.35 bits per heavy atom. The third kappa shape index (κ3) is 1.84. The van der Waals surface area contributed by atoms with Crippen LogP contribution in [0.2, 0.25) is 0 Å². The summed E-state index contributed by atoms with van der Waals surface area (Å²) < 4.78 is 37.8. The van der Waals surface area contributed by atoms with Crippen LogP contribution in [0.25, 0.3) is 0 Å². The number of nitriles is 1. The fourth-order valence-corrected chi connectivity index (χ4v) is 1.85. The predicted molar refractivity (Wildman–Crippen MR) is 52.2 cm³/mol. The van der Waals surface area contributed by atoms with Crippen molar-refractivity contribution in [1.29, 1.82) is 5.26 Å². The fraction of sp³-hybridized carbons (Fsp3) is 0.273. The van der Waals surface area contributed by atoms with E-state index in [0.717, 1.165) is 6.07 Å². The van der Waals surface area contributed by atoms with E-state index in [-0.39, 0.29) is 5.57 Å². The lowest BCUT2D eigenvalue weighted by Crippen LogP contribution is -2.19. The molecule has 1 aliphatic carbocycles. The van der Waals surface area contributed by atoms with Gasteiger partial charge in [0.25, 0.3) is 5.91 Å². The van der Waals surface area contributed by atoms with Gasteiger partial charge in [0.2, 0.25) is 0 Å². The van der Waals surface area contributed by atoms with Crippen molar-refractivity contribution in [3.8, 4) is 6.07 Å². The van der Waals surface area contributed by atoms with E-state index in [1.165, 1.54) is 0 Å². The lowest BCUT2D eigenvalue weighted by molar-refractivity contribution is -0.117. The average Bonchev–Trinajstić information content (AvgIpc) is 2.55. The standard InChI is InChI=1S/C11H7F3N2O/c12-11(13,14)7(5-15)9-6-3-1-2-4-8(6)16-10(9)17/h3-4H,1-2H2,(H,16,17)/b9-7-. The zero-order valence-electron chi connectivity index (χ0n) is 8.56. The molecule has 1 heterocycles. The van der Waals surface area contributed by atoms with Gasteiger partial charge in [-0.1, -0.05) is 12.2 Å². The summed E-state index contributed by atoms with van der Waals surface area (Å²) in [7, 11) is 0. The highest BCUT2D eigenvalue weighted by Crippen LogP contribution is 2.37. The van der Waals surface area contributed by atoms with Crippen molar-refractivity contribution < 1.29 is 18.0 Å². The number of allylic oxidation sites excluding steroid dienone is 4. The second kappa shape index (κ2) is 3.77. The lowest BCUT2D eigenvalue weighted by atomic mass is 9.96. The Morgan fingerprint density at radius 3 is 2.59 bits per heavy atom. The van der Waals surface area contributed by atoms with E-state index in [2.05, 4.69) is 5.32 Å². The van der Waals surface area contributed by atoms with E-state index in [4.69, 9.17) is 5.26 Å². The molecule has 2 aliphatic rings. The summed E-state index contributed by atoms with van der Waals surface area (Å²) in [6.07, 6.45) is -0.374. The van der Waals surface area contributed by atoms with Crippen molar-refractivity contribution in [3.63, 3.8) is 0 Å². The summed E-state index contributed by atoms with van der Waals surface area (Å²) in [4.78, 5) is 11.5. The Kier molecular flexibility index (Phi) is 2.54. The van der Waals surface area contributed by atoms with Crippen LogP contribution < -0.4 is 5.32 Å². The molecular formula is C11H7F3N2O. The number of amides is 1. The Balaban J connectivity index is 2.63. The van der Waals surface area contributed by atoms with Gasteiger partial charge in [-0.25, -0.2) is 0 Å². The van der Waals surface area contributed by atoms with Crippen LogP contribution >= 0.6 is 0 Å². The topological polar surface area (TPSA) is 52.9 Å². The molecule has 17 heavy (non-hydrogen) atoms. The maximum absolute atomic E-state index is 12.6. The average molecular weight is 240 g/mol. The molecule has 0 atom stereocenters. The van der Waals surface area contributed by atoms with Crippen LogP contribution in [0.15, 0.2) is 34.6 Å². The van der Waals surface area contributed by atoms with E-state index in [1.807, 2.05) is 0 Å². The van der Waals surface area contributed by atoms with E-state index in [1.54, 1.807) is 12.2 Å². The van der Waals surface area contributed by atoms with Crippen molar-refractivity contribution in [2.75, 3.05) is 0 Å². The minimum Gasteiger partial charge on any atom is -0.322 e. The number of halogens is 3. The highest BCUT2D eigenvalue weighted by atomic mass is 19.4. The molecule has 3 nitrogen and oxygen atoms in total.